The number of amides is 1. The molecule has 0 aromatic heterocycles. The van der Waals surface area contributed by atoms with Crippen LogP contribution in [0.4, 0.5) is 4.39 Å². The van der Waals surface area contributed by atoms with Gasteiger partial charge in [-0.15, -0.1) is 0 Å². The van der Waals surface area contributed by atoms with Gasteiger partial charge in [-0.25, -0.2) is 9.82 Å². The van der Waals surface area contributed by atoms with E-state index >= 15 is 0 Å². The minimum absolute atomic E-state index is 0.0742. The maximum absolute atomic E-state index is 12.7. The second kappa shape index (κ2) is 9.25. The molecule has 104 valence electrons. The van der Waals surface area contributed by atoms with Gasteiger partial charge in [-0.05, 0) is 24.1 Å². The first-order chi connectivity index (χ1) is 9.22. The fourth-order valence-corrected chi connectivity index (χ4v) is 1.67. The molecule has 0 aliphatic rings. The van der Waals surface area contributed by atoms with Crippen LogP contribution in [0.5, 0.6) is 0 Å². The number of unbranched alkanes of at least 4 members (excludes halogenated alkanes) is 4. The summed E-state index contributed by atoms with van der Waals surface area (Å²) in [5, 5.41) is 3.84. The van der Waals surface area contributed by atoms with Gasteiger partial charge in [0.15, 0.2) is 0 Å². The molecule has 1 aromatic carbocycles. The number of nitrogens with one attached hydrogen (secondary N) is 1. The predicted molar refractivity (Wildman–Crippen MR) is 75.5 cm³/mol. The van der Waals surface area contributed by atoms with Crippen LogP contribution in [0.2, 0.25) is 0 Å². The molecule has 0 atom stereocenters. The van der Waals surface area contributed by atoms with Gasteiger partial charge in [-0.2, -0.15) is 5.10 Å². The highest BCUT2D eigenvalue weighted by atomic mass is 19.1. The van der Waals surface area contributed by atoms with Crippen LogP contribution in [0.25, 0.3) is 0 Å². The highest BCUT2D eigenvalue weighted by molar-refractivity contribution is 5.82. The third-order valence-corrected chi connectivity index (χ3v) is 2.78. The van der Waals surface area contributed by atoms with Crippen LogP contribution in [0.3, 0.4) is 0 Å². The standard InChI is InChI=1S/C15H21FN2O/c1-2-3-4-5-6-7-15(19)18-17-12-13-8-10-14(16)11-9-13/h8-12H,2-7H2,1H3,(H,18,19)/b17-12+. The van der Waals surface area contributed by atoms with E-state index in [0.29, 0.717) is 6.42 Å². The monoisotopic (exact) mass is 264 g/mol. The minimum atomic E-state index is -0.284. The van der Waals surface area contributed by atoms with E-state index in [0.717, 1.165) is 18.4 Å². The van der Waals surface area contributed by atoms with Crippen molar-refractivity contribution in [2.75, 3.05) is 0 Å². The van der Waals surface area contributed by atoms with Gasteiger partial charge in [0, 0.05) is 6.42 Å². The Balaban J connectivity index is 2.17. The molecule has 0 heterocycles. The van der Waals surface area contributed by atoms with Crippen molar-refractivity contribution in [3.63, 3.8) is 0 Å². The number of benzene rings is 1. The van der Waals surface area contributed by atoms with Crippen LogP contribution in [0, 0.1) is 5.82 Å². The second-order valence-electron chi connectivity index (χ2n) is 4.51. The maximum atomic E-state index is 12.7. The van der Waals surface area contributed by atoms with Gasteiger partial charge in [0.2, 0.25) is 5.91 Å². The van der Waals surface area contributed by atoms with E-state index in [2.05, 4.69) is 17.5 Å². The van der Waals surface area contributed by atoms with Gasteiger partial charge >= 0.3 is 0 Å². The number of hydrogen-bond donors (Lipinski definition) is 1. The number of carbonyl (C=O) groups excluding carboxylic acids is 1. The predicted octanol–water partition coefficient (Wildman–Crippen LogP) is 3.64. The number of rotatable bonds is 8. The van der Waals surface area contributed by atoms with Crippen molar-refractivity contribution < 1.29 is 9.18 Å². The SMILES string of the molecule is CCCCCCCC(=O)N/N=C/c1ccc(F)cc1. The fraction of sp³-hybridized carbons (Fsp3) is 0.467. The van der Waals surface area contributed by atoms with Gasteiger partial charge in [0.05, 0.1) is 6.21 Å². The normalized spacial score (nSPS) is 10.8. The van der Waals surface area contributed by atoms with Gasteiger partial charge in [0.25, 0.3) is 0 Å². The molecule has 0 fully saturated rings. The van der Waals surface area contributed by atoms with E-state index in [4.69, 9.17) is 0 Å². The Bertz CT molecular complexity index is 401. The smallest absolute Gasteiger partial charge is 0.240 e. The summed E-state index contributed by atoms with van der Waals surface area (Å²) in [4.78, 5) is 11.4. The quantitative estimate of drug-likeness (QED) is 0.435. The van der Waals surface area contributed by atoms with Gasteiger partial charge in [-0.3, -0.25) is 4.79 Å². The van der Waals surface area contributed by atoms with Crippen molar-refractivity contribution in [1.82, 2.24) is 5.43 Å². The van der Waals surface area contributed by atoms with E-state index in [9.17, 15) is 9.18 Å². The highest BCUT2D eigenvalue weighted by Crippen LogP contribution is 2.04. The number of hydrogen-bond acceptors (Lipinski definition) is 2. The highest BCUT2D eigenvalue weighted by Gasteiger charge is 1.98. The molecule has 0 radical (unpaired) electrons. The molecule has 0 bridgehead atoms. The van der Waals surface area contributed by atoms with Crippen LogP contribution in [-0.4, -0.2) is 12.1 Å². The Morgan fingerprint density at radius 1 is 1.21 bits per heavy atom. The largest absolute Gasteiger partial charge is 0.273 e. The molecule has 0 aliphatic heterocycles. The molecule has 0 unspecified atom stereocenters. The molecular weight excluding hydrogens is 243 g/mol. The summed E-state index contributed by atoms with van der Waals surface area (Å²) in [6.45, 7) is 2.16. The van der Waals surface area contributed by atoms with Crippen LogP contribution < -0.4 is 5.43 Å². The first-order valence-corrected chi connectivity index (χ1v) is 6.80. The molecule has 0 spiro atoms. The summed E-state index contributed by atoms with van der Waals surface area (Å²) in [5.74, 6) is -0.358. The summed E-state index contributed by atoms with van der Waals surface area (Å²) < 4.78 is 12.7. The molecule has 0 aliphatic carbocycles. The first-order valence-electron chi connectivity index (χ1n) is 6.80. The average Bonchev–Trinajstić information content (AvgIpc) is 2.41. The molecular formula is C15H21FN2O. The fourth-order valence-electron chi connectivity index (χ4n) is 1.67. The molecule has 19 heavy (non-hydrogen) atoms. The van der Waals surface area contributed by atoms with Crippen LogP contribution in [0.15, 0.2) is 29.4 Å². The Hall–Kier alpha value is -1.71. The molecule has 0 saturated heterocycles. The first kappa shape index (κ1) is 15.3. The summed E-state index contributed by atoms with van der Waals surface area (Å²) in [7, 11) is 0. The van der Waals surface area contributed by atoms with Crippen molar-refractivity contribution in [1.29, 1.82) is 0 Å². The summed E-state index contributed by atoms with van der Waals surface area (Å²) in [5.41, 5.74) is 3.23. The van der Waals surface area contributed by atoms with Crippen molar-refractivity contribution in [3.05, 3.63) is 35.6 Å². The Kier molecular flexibility index (Phi) is 7.47. The molecule has 0 saturated carbocycles. The van der Waals surface area contributed by atoms with Crippen LogP contribution in [0.1, 0.15) is 51.0 Å². The minimum Gasteiger partial charge on any atom is -0.273 e. The van der Waals surface area contributed by atoms with E-state index in [1.165, 1.54) is 37.6 Å². The lowest BCUT2D eigenvalue weighted by molar-refractivity contribution is -0.121. The topological polar surface area (TPSA) is 41.5 Å². The number of halogens is 1. The lowest BCUT2D eigenvalue weighted by Crippen LogP contribution is -2.16. The third kappa shape index (κ3) is 7.34. The third-order valence-electron chi connectivity index (χ3n) is 2.78. The van der Waals surface area contributed by atoms with Crippen LogP contribution >= 0.6 is 0 Å². The van der Waals surface area contributed by atoms with E-state index in [1.807, 2.05) is 0 Å². The zero-order valence-corrected chi connectivity index (χ0v) is 11.4. The molecule has 4 heteroatoms. The summed E-state index contributed by atoms with van der Waals surface area (Å²) in [6.07, 6.45) is 7.61. The molecule has 1 N–H and O–H groups in total. The number of hydrazone groups is 1. The van der Waals surface area contributed by atoms with Crippen molar-refractivity contribution in [3.8, 4) is 0 Å². The number of carbonyl (C=O) groups is 1. The van der Waals surface area contributed by atoms with Crippen molar-refractivity contribution >= 4 is 12.1 Å². The molecule has 3 nitrogen and oxygen atoms in total. The van der Waals surface area contributed by atoms with E-state index in [1.54, 1.807) is 12.1 Å². The molecule has 1 rings (SSSR count). The maximum Gasteiger partial charge on any atom is 0.240 e. The second-order valence-corrected chi connectivity index (χ2v) is 4.51. The van der Waals surface area contributed by atoms with Crippen molar-refractivity contribution in [2.24, 2.45) is 5.10 Å². The number of nitrogens with zero attached hydrogens (tertiary/aromatic N) is 1. The Morgan fingerprint density at radius 2 is 1.89 bits per heavy atom. The summed E-state index contributed by atoms with van der Waals surface area (Å²) in [6, 6.07) is 5.93. The average molecular weight is 264 g/mol. The summed E-state index contributed by atoms with van der Waals surface area (Å²) >= 11 is 0. The Labute approximate surface area is 113 Å². The lowest BCUT2D eigenvalue weighted by Gasteiger charge is -2.00. The van der Waals surface area contributed by atoms with Gasteiger partial charge in [-0.1, -0.05) is 44.7 Å². The molecule has 1 aromatic rings. The lowest BCUT2D eigenvalue weighted by atomic mass is 10.1. The zero-order valence-electron chi connectivity index (χ0n) is 11.4. The molecule has 1 amide bonds. The van der Waals surface area contributed by atoms with E-state index in [-0.39, 0.29) is 11.7 Å². The van der Waals surface area contributed by atoms with Gasteiger partial charge < -0.3 is 0 Å². The van der Waals surface area contributed by atoms with Crippen LogP contribution in [-0.2, 0) is 4.79 Å². The van der Waals surface area contributed by atoms with Gasteiger partial charge in [0.1, 0.15) is 5.82 Å². The van der Waals surface area contributed by atoms with Crippen molar-refractivity contribution in [2.45, 2.75) is 45.4 Å². The zero-order chi connectivity index (χ0) is 13.9. The van der Waals surface area contributed by atoms with E-state index < -0.39 is 0 Å². The Morgan fingerprint density at radius 3 is 2.58 bits per heavy atom.